The van der Waals surface area contributed by atoms with E-state index in [1.54, 1.807) is 31.2 Å². The number of para-hydroxylation sites is 1. The SMILES string of the molecule is Cc1ccc(CC(=O)NS(=O)(=O)c2cnn(-c3ccccc3)c2)o1. The number of nitrogens with zero attached hydrogens (tertiary/aromatic N) is 2. The Kier molecular flexibility index (Phi) is 4.22. The van der Waals surface area contributed by atoms with Gasteiger partial charge in [0.25, 0.3) is 10.0 Å². The van der Waals surface area contributed by atoms with Crippen molar-refractivity contribution in [1.29, 1.82) is 0 Å². The van der Waals surface area contributed by atoms with Crippen LogP contribution < -0.4 is 4.72 Å². The number of hydrogen-bond acceptors (Lipinski definition) is 5. The van der Waals surface area contributed by atoms with E-state index in [9.17, 15) is 13.2 Å². The number of carbonyl (C=O) groups excluding carboxylic acids is 1. The Bertz CT molecular complexity index is 958. The number of aryl methyl sites for hydroxylation is 1. The first-order valence-corrected chi connectivity index (χ1v) is 8.63. The first kappa shape index (κ1) is 16.0. The first-order chi connectivity index (χ1) is 11.4. The molecule has 0 atom stereocenters. The van der Waals surface area contributed by atoms with E-state index >= 15 is 0 Å². The topological polar surface area (TPSA) is 94.2 Å². The van der Waals surface area contributed by atoms with Crippen molar-refractivity contribution in [2.24, 2.45) is 0 Å². The molecule has 1 amide bonds. The molecule has 0 saturated heterocycles. The molecule has 3 rings (SSSR count). The molecule has 0 aliphatic rings. The third-order valence-corrected chi connectivity index (χ3v) is 4.60. The molecule has 124 valence electrons. The van der Waals surface area contributed by atoms with Crippen molar-refractivity contribution in [1.82, 2.24) is 14.5 Å². The zero-order valence-corrected chi connectivity index (χ0v) is 13.7. The van der Waals surface area contributed by atoms with Gasteiger partial charge in [0.1, 0.15) is 16.4 Å². The molecule has 0 spiro atoms. The van der Waals surface area contributed by atoms with Gasteiger partial charge in [0.2, 0.25) is 5.91 Å². The summed E-state index contributed by atoms with van der Waals surface area (Å²) in [4.78, 5) is 11.8. The summed E-state index contributed by atoms with van der Waals surface area (Å²) in [6, 6.07) is 12.4. The average molecular weight is 345 g/mol. The predicted octanol–water partition coefficient (Wildman–Crippen LogP) is 1.82. The Morgan fingerprint density at radius 2 is 1.96 bits per heavy atom. The lowest BCUT2D eigenvalue weighted by molar-refractivity contribution is -0.118. The van der Waals surface area contributed by atoms with Gasteiger partial charge in [0.05, 0.1) is 24.5 Å². The lowest BCUT2D eigenvalue weighted by Gasteiger charge is -2.04. The summed E-state index contributed by atoms with van der Waals surface area (Å²) in [7, 11) is -3.98. The van der Waals surface area contributed by atoms with Crippen LogP contribution in [-0.4, -0.2) is 24.1 Å². The maximum absolute atomic E-state index is 12.3. The van der Waals surface area contributed by atoms with Gasteiger partial charge in [0.15, 0.2) is 0 Å². The number of amides is 1. The maximum atomic E-state index is 12.3. The van der Waals surface area contributed by atoms with E-state index in [0.717, 1.165) is 5.69 Å². The summed E-state index contributed by atoms with van der Waals surface area (Å²) < 4.78 is 33.2. The van der Waals surface area contributed by atoms with Crippen LogP contribution >= 0.6 is 0 Å². The molecule has 3 aromatic rings. The van der Waals surface area contributed by atoms with Crippen molar-refractivity contribution in [3.8, 4) is 5.69 Å². The molecular weight excluding hydrogens is 330 g/mol. The molecule has 0 aliphatic heterocycles. The summed E-state index contributed by atoms with van der Waals surface area (Å²) >= 11 is 0. The molecule has 1 N–H and O–H groups in total. The van der Waals surface area contributed by atoms with Crippen LogP contribution in [0.15, 0.2) is 64.2 Å². The standard InChI is InChI=1S/C16H15N3O4S/c1-12-7-8-14(23-12)9-16(20)18-24(21,22)15-10-17-19(11-15)13-5-3-2-4-6-13/h2-8,10-11H,9H2,1H3,(H,18,20). The van der Waals surface area contributed by atoms with Crippen LogP contribution in [0.5, 0.6) is 0 Å². The predicted molar refractivity (Wildman–Crippen MR) is 86.0 cm³/mol. The minimum absolute atomic E-state index is 0.0877. The largest absolute Gasteiger partial charge is 0.466 e. The van der Waals surface area contributed by atoms with Crippen molar-refractivity contribution >= 4 is 15.9 Å². The zero-order chi connectivity index (χ0) is 17.2. The highest BCUT2D eigenvalue weighted by molar-refractivity contribution is 7.90. The summed E-state index contributed by atoms with van der Waals surface area (Å²) in [6.45, 7) is 1.75. The number of carbonyl (C=O) groups is 1. The second-order valence-corrected chi connectivity index (χ2v) is 6.86. The molecule has 1 aromatic carbocycles. The minimum Gasteiger partial charge on any atom is -0.466 e. The van der Waals surface area contributed by atoms with Crippen LogP contribution in [0.3, 0.4) is 0 Å². The Hall–Kier alpha value is -2.87. The van der Waals surface area contributed by atoms with Gasteiger partial charge in [-0.15, -0.1) is 0 Å². The third kappa shape index (κ3) is 3.54. The van der Waals surface area contributed by atoms with Crippen molar-refractivity contribution < 1.29 is 17.6 Å². The Morgan fingerprint density at radius 3 is 2.62 bits per heavy atom. The van der Waals surface area contributed by atoms with Crippen molar-refractivity contribution in [3.05, 3.63) is 66.4 Å². The van der Waals surface area contributed by atoms with Gasteiger partial charge in [-0.3, -0.25) is 4.79 Å². The van der Waals surface area contributed by atoms with Gasteiger partial charge >= 0.3 is 0 Å². The summed E-state index contributed by atoms with van der Waals surface area (Å²) in [5.41, 5.74) is 0.719. The van der Waals surface area contributed by atoms with E-state index in [4.69, 9.17) is 4.42 Å². The normalized spacial score (nSPS) is 11.4. The number of rotatable bonds is 5. The second kappa shape index (κ2) is 6.32. The van der Waals surface area contributed by atoms with Crippen molar-refractivity contribution in [2.45, 2.75) is 18.2 Å². The van der Waals surface area contributed by atoms with Crippen LogP contribution in [0, 0.1) is 6.92 Å². The highest BCUT2D eigenvalue weighted by Crippen LogP contribution is 2.13. The van der Waals surface area contributed by atoms with Crippen LogP contribution in [-0.2, 0) is 21.2 Å². The molecule has 0 saturated carbocycles. The van der Waals surface area contributed by atoms with Gasteiger partial charge in [-0.2, -0.15) is 5.10 Å². The molecule has 2 heterocycles. The molecular formula is C16H15N3O4S. The molecule has 7 nitrogen and oxygen atoms in total. The molecule has 0 unspecified atom stereocenters. The monoisotopic (exact) mass is 345 g/mol. The van der Waals surface area contributed by atoms with E-state index in [-0.39, 0.29) is 11.3 Å². The number of benzene rings is 1. The molecule has 0 fully saturated rings. The highest BCUT2D eigenvalue weighted by Gasteiger charge is 2.20. The Morgan fingerprint density at radius 1 is 1.21 bits per heavy atom. The molecule has 2 aromatic heterocycles. The fraction of sp³-hybridized carbons (Fsp3) is 0.125. The highest BCUT2D eigenvalue weighted by atomic mass is 32.2. The smallest absolute Gasteiger partial charge is 0.267 e. The van der Waals surface area contributed by atoms with E-state index in [1.807, 2.05) is 22.9 Å². The summed E-state index contributed by atoms with van der Waals surface area (Å²) in [5, 5.41) is 4.02. The zero-order valence-electron chi connectivity index (χ0n) is 12.8. The van der Waals surface area contributed by atoms with Crippen LogP contribution in [0.2, 0.25) is 0 Å². The van der Waals surface area contributed by atoms with Crippen LogP contribution in [0.4, 0.5) is 0 Å². The average Bonchev–Trinajstić information content (AvgIpc) is 3.17. The molecule has 0 bridgehead atoms. The fourth-order valence-electron chi connectivity index (χ4n) is 2.15. The number of sulfonamides is 1. The number of hydrogen-bond donors (Lipinski definition) is 1. The lowest BCUT2D eigenvalue weighted by atomic mass is 10.3. The maximum Gasteiger partial charge on any atom is 0.267 e. The second-order valence-electron chi connectivity index (χ2n) is 5.17. The summed E-state index contributed by atoms with van der Waals surface area (Å²) in [5.74, 6) is 0.391. The lowest BCUT2D eigenvalue weighted by Crippen LogP contribution is -2.31. The van der Waals surface area contributed by atoms with Crippen LogP contribution in [0.1, 0.15) is 11.5 Å². The van der Waals surface area contributed by atoms with E-state index < -0.39 is 15.9 Å². The van der Waals surface area contributed by atoms with E-state index in [0.29, 0.717) is 11.5 Å². The van der Waals surface area contributed by atoms with Gasteiger partial charge in [-0.1, -0.05) is 18.2 Å². The fourth-order valence-corrected chi connectivity index (χ4v) is 3.06. The number of aromatic nitrogens is 2. The molecule has 24 heavy (non-hydrogen) atoms. The van der Waals surface area contributed by atoms with E-state index in [2.05, 4.69) is 5.10 Å². The van der Waals surface area contributed by atoms with Gasteiger partial charge < -0.3 is 4.42 Å². The van der Waals surface area contributed by atoms with Gasteiger partial charge in [-0.05, 0) is 31.2 Å². The van der Waals surface area contributed by atoms with Crippen molar-refractivity contribution in [2.75, 3.05) is 0 Å². The molecule has 0 aliphatic carbocycles. The van der Waals surface area contributed by atoms with Crippen LogP contribution in [0.25, 0.3) is 5.69 Å². The third-order valence-electron chi connectivity index (χ3n) is 3.27. The minimum atomic E-state index is -3.98. The van der Waals surface area contributed by atoms with Gasteiger partial charge in [-0.25, -0.2) is 17.8 Å². The number of nitrogens with one attached hydrogen (secondary N) is 1. The quantitative estimate of drug-likeness (QED) is 0.761. The summed E-state index contributed by atoms with van der Waals surface area (Å²) in [6.07, 6.45) is 2.39. The Balaban J connectivity index is 1.73. The molecule has 8 heteroatoms. The van der Waals surface area contributed by atoms with E-state index in [1.165, 1.54) is 17.1 Å². The van der Waals surface area contributed by atoms with Crippen molar-refractivity contribution in [3.63, 3.8) is 0 Å². The molecule has 0 radical (unpaired) electrons. The first-order valence-electron chi connectivity index (χ1n) is 7.15. The Labute approximate surface area is 139 Å². The number of furan rings is 1. The van der Waals surface area contributed by atoms with Gasteiger partial charge in [0, 0.05) is 0 Å².